The van der Waals surface area contributed by atoms with Gasteiger partial charge in [-0.25, -0.2) is 8.42 Å². The number of ketones is 1. The standard InChI is InChI=1S/C27H26N2O4S2/c1-4-18-8-5-6-11-22(18)29-27-26(35(31,32)21-14-12-17(2)13-15-21)23(28)25(34-27)24(30)19-9-7-10-20(16-19)33-3/h5-16,29H,4,28H2,1-3H3. The van der Waals surface area contributed by atoms with Gasteiger partial charge in [0.2, 0.25) is 15.6 Å². The Labute approximate surface area is 209 Å². The zero-order valence-corrected chi connectivity index (χ0v) is 21.3. The molecule has 0 atom stereocenters. The van der Waals surface area contributed by atoms with Gasteiger partial charge in [0.25, 0.3) is 0 Å². The molecule has 0 unspecified atom stereocenters. The summed E-state index contributed by atoms with van der Waals surface area (Å²) in [7, 11) is -2.50. The SMILES string of the molecule is CCc1ccccc1Nc1sc(C(=O)c2cccc(OC)c2)c(N)c1S(=O)(=O)c1ccc(C)cc1. The van der Waals surface area contributed by atoms with Crippen molar-refractivity contribution in [2.45, 2.75) is 30.1 Å². The molecule has 0 saturated heterocycles. The molecule has 35 heavy (non-hydrogen) atoms. The summed E-state index contributed by atoms with van der Waals surface area (Å²) in [4.78, 5) is 13.6. The smallest absolute Gasteiger partial charge is 0.211 e. The number of carbonyl (C=O) groups is 1. The lowest BCUT2D eigenvalue weighted by Crippen LogP contribution is -2.08. The van der Waals surface area contributed by atoms with Crippen molar-refractivity contribution >= 4 is 43.3 Å². The number of anilines is 3. The molecule has 0 bridgehead atoms. The first-order valence-electron chi connectivity index (χ1n) is 11.0. The second-order valence-electron chi connectivity index (χ2n) is 8.02. The van der Waals surface area contributed by atoms with Crippen molar-refractivity contribution in [3.8, 4) is 5.75 Å². The van der Waals surface area contributed by atoms with Gasteiger partial charge in [-0.15, -0.1) is 11.3 Å². The molecule has 4 rings (SSSR count). The molecule has 3 N–H and O–H groups in total. The molecular formula is C27H26N2O4S2. The van der Waals surface area contributed by atoms with Crippen LogP contribution in [-0.2, 0) is 16.3 Å². The highest BCUT2D eigenvalue weighted by Gasteiger charge is 2.32. The van der Waals surface area contributed by atoms with E-state index in [1.807, 2.05) is 38.1 Å². The number of thiophene rings is 1. The summed E-state index contributed by atoms with van der Waals surface area (Å²) in [5, 5.41) is 3.55. The molecule has 0 radical (unpaired) electrons. The molecule has 180 valence electrons. The quantitative estimate of drug-likeness (QED) is 0.284. The Morgan fingerprint density at radius 3 is 2.43 bits per heavy atom. The van der Waals surface area contributed by atoms with E-state index in [2.05, 4.69) is 5.32 Å². The number of sulfone groups is 1. The molecule has 0 fully saturated rings. The number of para-hydroxylation sites is 1. The second kappa shape index (κ2) is 9.93. The lowest BCUT2D eigenvalue weighted by molar-refractivity contribution is 0.104. The lowest BCUT2D eigenvalue weighted by Gasteiger charge is -2.12. The summed E-state index contributed by atoms with van der Waals surface area (Å²) in [6, 6.07) is 20.9. The van der Waals surface area contributed by atoms with Crippen LogP contribution >= 0.6 is 11.3 Å². The number of nitrogens with one attached hydrogen (secondary N) is 1. The van der Waals surface area contributed by atoms with Gasteiger partial charge in [0.15, 0.2) is 0 Å². The van der Waals surface area contributed by atoms with Crippen molar-refractivity contribution < 1.29 is 17.9 Å². The fourth-order valence-electron chi connectivity index (χ4n) is 3.75. The van der Waals surface area contributed by atoms with Crippen LogP contribution < -0.4 is 15.8 Å². The van der Waals surface area contributed by atoms with Gasteiger partial charge in [-0.3, -0.25) is 4.79 Å². The van der Waals surface area contributed by atoms with Crippen molar-refractivity contribution in [2.75, 3.05) is 18.2 Å². The van der Waals surface area contributed by atoms with Crippen LogP contribution in [-0.4, -0.2) is 21.3 Å². The fraction of sp³-hybridized carbons (Fsp3) is 0.148. The number of nitrogen functional groups attached to an aromatic ring is 1. The molecule has 3 aromatic carbocycles. The van der Waals surface area contributed by atoms with E-state index < -0.39 is 9.84 Å². The number of benzene rings is 3. The maximum Gasteiger partial charge on any atom is 0.211 e. The molecule has 0 spiro atoms. The maximum atomic E-state index is 13.8. The molecule has 4 aromatic rings. The van der Waals surface area contributed by atoms with Gasteiger partial charge >= 0.3 is 0 Å². The third-order valence-corrected chi connectivity index (χ3v) is 8.79. The largest absolute Gasteiger partial charge is 0.497 e. The highest BCUT2D eigenvalue weighted by atomic mass is 32.2. The second-order valence-corrected chi connectivity index (χ2v) is 10.9. The zero-order chi connectivity index (χ0) is 25.2. The van der Waals surface area contributed by atoms with Crippen LogP contribution in [0, 0.1) is 6.92 Å². The van der Waals surface area contributed by atoms with Crippen molar-refractivity contribution in [1.82, 2.24) is 0 Å². The maximum absolute atomic E-state index is 13.8. The first-order chi connectivity index (χ1) is 16.8. The first kappa shape index (κ1) is 24.5. The number of rotatable bonds is 8. The molecule has 1 aromatic heterocycles. The summed E-state index contributed by atoms with van der Waals surface area (Å²) >= 11 is 1.04. The molecule has 0 aliphatic rings. The molecule has 8 heteroatoms. The average molecular weight is 507 g/mol. The molecule has 0 aliphatic carbocycles. The summed E-state index contributed by atoms with van der Waals surface area (Å²) in [5.41, 5.74) is 9.43. The van der Waals surface area contributed by atoms with Crippen molar-refractivity contribution in [3.05, 3.63) is 94.4 Å². The van der Waals surface area contributed by atoms with E-state index in [1.54, 1.807) is 48.5 Å². The molecule has 0 aliphatic heterocycles. The van der Waals surface area contributed by atoms with E-state index in [1.165, 1.54) is 7.11 Å². The number of hydrogen-bond donors (Lipinski definition) is 2. The van der Waals surface area contributed by atoms with Gasteiger partial charge in [0, 0.05) is 11.3 Å². The highest BCUT2D eigenvalue weighted by Crippen LogP contribution is 2.44. The third-order valence-electron chi connectivity index (χ3n) is 5.68. The molecule has 0 saturated carbocycles. The Morgan fingerprint density at radius 2 is 1.74 bits per heavy atom. The Balaban J connectivity index is 1.90. The molecular weight excluding hydrogens is 480 g/mol. The summed E-state index contributed by atoms with van der Waals surface area (Å²) < 4.78 is 32.8. The molecule has 6 nitrogen and oxygen atoms in total. The first-order valence-corrected chi connectivity index (χ1v) is 13.3. The van der Waals surface area contributed by atoms with Gasteiger partial charge < -0.3 is 15.8 Å². The normalized spacial score (nSPS) is 11.3. The van der Waals surface area contributed by atoms with Crippen molar-refractivity contribution in [2.24, 2.45) is 0 Å². The highest BCUT2D eigenvalue weighted by molar-refractivity contribution is 7.92. The number of methoxy groups -OCH3 is 1. The van der Waals surface area contributed by atoms with E-state index in [-0.39, 0.29) is 26.1 Å². The van der Waals surface area contributed by atoms with Gasteiger partial charge in [-0.1, -0.05) is 55.0 Å². The number of ether oxygens (including phenoxy) is 1. The summed E-state index contributed by atoms with van der Waals surface area (Å²) in [6.07, 6.45) is 0.750. The van der Waals surface area contributed by atoms with E-state index in [0.717, 1.165) is 34.6 Å². The van der Waals surface area contributed by atoms with Crippen LogP contribution in [0.5, 0.6) is 5.75 Å². The number of hydrogen-bond acceptors (Lipinski definition) is 7. The van der Waals surface area contributed by atoms with Crippen LogP contribution in [0.1, 0.15) is 33.3 Å². The van der Waals surface area contributed by atoms with Gasteiger partial charge in [0.05, 0.1) is 17.7 Å². The predicted octanol–water partition coefficient (Wildman–Crippen LogP) is 6.02. The topological polar surface area (TPSA) is 98.5 Å². The average Bonchev–Trinajstić information content (AvgIpc) is 3.20. The minimum absolute atomic E-state index is 0.0696. The Hall–Kier alpha value is -3.62. The molecule has 1 heterocycles. The van der Waals surface area contributed by atoms with Crippen molar-refractivity contribution in [1.29, 1.82) is 0 Å². The van der Waals surface area contributed by atoms with Crippen LogP contribution in [0.2, 0.25) is 0 Å². The Kier molecular flexibility index (Phi) is 6.95. The number of nitrogens with two attached hydrogens (primary N) is 1. The van der Waals surface area contributed by atoms with Gasteiger partial charge in [0.1, 0.15) is 20.5 Å². The summed E-state index contributed by atoms with van der Waals surface area (Å²) in [6.45, 7) is 3.90. The lowest BCUT2D eigenvalue weighted by atomic mass is 10.1. The Morgan fingerprint density at radius 1 is 1.03 bits per heavy atom. The van der Waals surface area contributed by atoms with Crippen LogP contribution in [0.3, 0.4) is 0 Å². The summed E-state index contributed by atoms with van der Waals surface area (Å²) in [5.74, 6) is 0.150. The Bertz CT molecular complexity index is 1490. The van der Waals surface area contributed by atoms with Gasteiger partial charge in [-0.05, 0) is 49.2 Å². The zero-order valence-electron chi connectivity index (χ0n) is 19.7. The van der Waals surface area contributed by atoms with E-state index in [4.69, 9.17) is 10.5 Å². The van der Waals surface area contributed by atoms with Crippen LogP contribution in [0.15, 0.2) is 82.6 Å². The van der Waals surface area contributed by atoms with E-state index >= 15 is 0 Å². The number of carbonyl (C=O) groups excluding carboxylic acids is 1. The predicted molar refractivity (Wildman–Crippen MR) is 141 cm³/mol. The minimum Gasteiger partial charge on any atom is -0.497 e. The van der Waals surface area contributed by atoms with Crippen LogP contribution in [0.25, 0.3) is 0 Å². The fourth-order valence-corrected chi connectivity index (χ4v) is 6.68. The minimum atomic E-state index is -4.02. The third kappa shape index (κ3) is 4.80. The van der Waals surface area contributed by atoms with E-state index in [0.29, 0.717) is 16.3 Å². The molecule has 0 amide bonds. The monoisotopic (exact) mass is 506 g/mol. The van der Waals surface area contributed by atoms with Gasteiger partial charge in [-0.2, -0.15) is 0 Å². The number of aryl methyl sites for hydroxylation is 2. The van der Waals surface area contributed by atoms with Crippen molar-refractivity contribution in [3.63, 3.8) is 0 Å². The van der Waals surface area contributed by atoms with Crippen LogP contribution in [0.4, 0.5) is 16.4 Å². The van der Waals surface area contributed by atoms with E-state index in [9.17, 15) is 13.2 Å².